The normalized spacial score (nSPS) is 22.6. The first-order valence-corrected chi connectivity index (χ1v) is 14.4. The van der Waals surface area contributed by atoms with Gasteiger partial charge in [0.2, 0.25) is 10.0 Å². The minimum Gasteiger partial charge on any atom is -0.415 e. The van der Waals surface area contributed by atoms with Gasteiger partial charge in [0.15, 0.2) is 8.32 Å². The van der Waals surface area contributed by atoms with E-state index in [4.69, 9.17) is 9.16 Å². The summed E-state index contributed by atoms with van der Waals surface area (Å²) in [5, 5.41) is 0.0701. The van der Waals surface area contributed by atoms with Crippen molar-refractivity contribution in [3.8, 4) is 0 Å². The van der Waals surface area contributed by atoms with E-state index in [1.807, 2.05) is 32.9 Å². The molecule has 1 aliphatic heterocycles. The van der Waals surface area contributed by atoms with Crippen molar-refractivity contribution in [2.45, 2.75) is 76.7 Å². The summed E-state index contributed by atoms with van der Waals surface area (Å²) in [5.74, 6) is 0.149. The second-order valence-electron chi connectivity index (χ2n) is 9.72. The average Bonchev–Trinajstić information content (AvgIpc) is 2.59. The SMILES string of the molecule is Cc1ccc(S(=O)(=O)N2[C@H](CO[Si](C)(C)C(C)(C)C)COC[C@@H]2C(C)C)cc1. The van der Waals surface area contributed by atoms with Gasteiger partial charge in [-0.05, 0) is 43.1 Å². The monoisotopic (exact) mass is 427 g/mol. The Bertz CT molecular complexity index is 754. The molecule has 0 amide bonds. The van der Waals surface area contributed by atoms with E-state index in [2.05, 4.69) is 33.9 Å². The van der Waals surface area contributed by atoms with Crippen molar-refractivity contribution in [3.05, 3.63) is 29.8 Å². The van der Waals surface area contributed by atoms with Crippen LogP contribution in [0.1, 0.15) is 40.2 Å². The van der Waals surface area contributed by atoms with Gasteiger partial charge in [0, 0.05) is 0 Å². The second-order valence-corrected chi connectivity index (χ2v) is 16.4. The second kappa shape index (κ2) is 8.56. The topological polar surface area (TPSA) is 55.8 Å². The maximum atomic E-state index is 13.6. The number of nitrogens with zero attached hydrogens (tertiary/aromatic N) is 1. The smallest absolute Gasteiger partial charge is 0.243 e. The van der Waals surface area contributed by atoms with Gasteiger partial charge in [0.1, 0.15) is 0 Å². The Kier molecular flexibility index (Phi) is 7.20. The van der Waals surface area contributed by atoms with Gasteiger partial charge in [-0.2, -0.15) is 4.31 Å². The lowest BCUT2D eigenvalue weighted by Crippen LogP contribution is -2.59. The summed E-state index contributed by atoms with van der Waals surface area (Å²) < 4.78 is 41.0. The zero-order valence-electron chi connectivity index (χ0n) is 18.7. The van der Waals surface area contributed by atoms with Gasteiger partial charge in [0.25, 0.3) is 0 Å². The maximum absolute atomic E-state index is 13.6. The van der Waals surface area contributed by atoms with Gasteiger partial charge in [-0.3, -0.25) is 0 Å². The molecule has 2 atom stereocenters. The van der Waals surface area contributed by atoms with Crippen LogP contribution in [0, 0.1) is 12.8 Å². The molecule has 0 bridgehead atoms. The third-order valence-electron chi connectivity index (χ3n) is 6.09. The number of sulfonamides is 1. The third-order valence-corrected chi connectivity index (χ3v) is 12.6. The van der Waals surface area contributed by atoms with Gasteiger partial charge >= 0.3 is 0 Å². The fraction of sp³-hybridized carbons (Fsp3) is 0.714. The van der Waals surface area contributed by atoms with E-state index in [9.17, 15) is 8.42 Å². The third kappa shape index (κ3) is 5.05. The van der Waals surface area contributed by atoms with Crippen LogP contribution in [0.15, 0.2) is 29.2 Å². The Labute approximate surface area is 172 Å². The largest absolute Gasteiger partial charge is 0.415 e. The number of hydrogen-bond acceptors (Lipinski definition) is 4. The van der Waals surface area contributed by atoms with Crippen LogP contribution in [0.5, 0.6) is 0 Å². The first-order chi connectivity index (χ1) is 12.8. The highest BCUT2D eigenvalue weighted by molar-refractivity contribution is 7.89. The summed E-state index contributed by atoms with van der Waals surface area (Å²) in [6, 6.07) is 6.57. The molecule has 1 heterocycles. The molecule has 0 N–H and O–H groups in total. The minimum absolute atomic E-state index is 0.0701. The summed E-state index contributed by atoms with van der Waals surface area (Å²) in [4.78, 5) is 0.336. The molecule has 0 aromatic heterocycles. The molecule has 2 rings (SSSR count). The van der Waals surface area contributed by atoms with E-state index in [1.165, 1.54) is 0 Å². The Hall–Kier alpha value is -0.733. The fourth-order valence-corrected chi connectivity index (χ4v) is 6.02. The minimum atomic E-state index is -3.64. The number of aryl methyl sites for hydroxylation is 1. The van der Waals surface area contributed by atoms with Crippen LogP contribution in [0.2, 0.25) is 18.1 Å². The van der Waals surface area contributed by atoms with Crippen molar-refractivity contribution in [2.24, 2.45) is 5.92 Å². The van der Waals surface area contributed by atoms with Gasteiger partial charge in [-0.1, -0.05) is 52.3 Å². The highest BCUT2D eigenvalue weighted by Crippen LogP contribution is 2.37. The van der Waals surface area contributed by atoms with E-state index in [0.717, 1.165) is 5.56 Å². The lowest BCUT2D eigenvalue weighted by atomic mass is 10.0. The highest BCUT2D eigenvalue weighted by Gasteiger charge is 2.44. The predicted octanol–water partition coefficient (Wildman–Crippen LogP) is 4.43. The van der Waals surface area contributed by atoms with Crippen molar-refractivity contribution >= 4 is 18.3 Å². The summed E-state index contributed by atoms with van der Waals surface area (Å²) in [6.07, 6.45) is 0. The molecule has 0 spiro atoms. The number of rotatable bonds is 6. The highest BCUT2D eigenvalue weighted by atomic mass is 32.2. The van der Waals surface area contributed by atoms with Crippen LogP contribution < -0.4 is 0 Å². The molecule has 1 aliphatic rings. The standard InChI is InChI=1S/C21H37NO4SSi/c1-16(2)20-15-25-13-18(14-26-28(7,8)21(4,5)6)22(20)27(23,24)19-11-9-17(3)10-12-19/h9-12,16,18,20H,13-15H2,1-8H3/t18-,20+/m0/s1. The van der Waals surface area contributed by atoms with Crippen molar-refractivity contribution in [3.63, 3.8) is 0 Å². The Morgan fingerprint density at radius 1 is 1.18 bits per heavy atom. The van der Waals surface area contributed by atoms with Crippen molar-refractivity contribution in [1.29, 1.82) is 0 Å². The Balaban J connectivity index is 2.36. The van der Waals surface area contributed by atoms with Gasteiger partial charge in [-0.25, -0.2) is 8.42 Å². The zero-order valence-corrected chi connectivity index (χ0v) is 20.5. The molecule has 0 saturated carbocycles. The molecule has 1 aromatic carbocycles. The number of hydrogen-bond donors (Lipinski definition) is 0. The molecule has 5 nitrogen and oxygen atoms in total. The van der Waals surface area contributed by atoms with Crippen LogP contribution >= 0.6 is 0 Å². The van der Waals surface area contributed by atoms with Crippen LogP contribution in [0.4, 0.5) is 0 Å². The van der Waals surface area contributed by atoms with Crippen LogP contribution in [0.25, 0.3) is 0 Å². The molecule has 1 aromatic rings. The predicted molar refractivity (Wildman–Crippen MR) is 117 cm³/mol. The first kappa shape index (κ1) is 23.5. The Morgan fingerprint density at radius 2 is 1.75 bits per heavy atom. The quantitative estimate of drug-likeness (QED) is 0.630. The molecular formula is C21H37NO4SSi. The zero-order chi connectivity index (χ0) is 21.3. The number of benzene rings is 1. The summed E-state index contributed by atoms with van der Waals surface area (Å²) in [6.45, 7) is 18.1. The van der Waals surface area contributed by atoms with Gasteiger partial charge in [0.05, 0.1) is 36.8 Å². The summed E-state index contributed by atoms with van der Waals surface area (Å²) in [5.41, 5.74) is 1.04. The van der Waals surface area contributed by atoms with Crippen molar-refractivity contribution in [2.75, 3.05) is 19.8 Å². The number of morpholine rings is 1. The van der Waals surface area contributed by atoms with Gasteiger partial charge < -0.3 is 9.16 Å². The van der Waals surface area contributed by atoms with Crippen molar-refractivity contribution in [1.82, 2.24) is 4.31 Å². The van der Waals surface area contributed by atoms with E-state index in [1.54, 1.807) is 16.4 Å². The summed E-state index contributed by atoms with van der Waals surface area (Å²) >= 11 is 0. The molecule has 0 aliphatic carbocycles. The molecular weight excluding hydrogens is 390 g/mol. The lowest BCUT2D eigenvalue weighted by Gasteiger charge is -2.44. The molecule has 0 unspecified atom stereocenters. The van der Waals surface area contributed by atoms with E-state index in [-0.39, 0.29) is 23.0 Å². The molecule has 28 heavy (non-hydrogen) atoms. The lowest BCUT2D eigenvalue weighted by molar-refractivity contribution is -0.0351. The first-order valence-electron chi connectivity index (χ1n) is 10.1. The van der Waals surface area contributed by atoms with Crippen LogP contribution in [0.3, 0.4) is 0 Å². The Morgan fingerprint density at radius 3 is 2.25 bits per heavy atom. The maximum Gasteiger partial charge on any atom is 0.243 e. The van der Waals surface area contributed by atoms with E-state index >= 15 is 0 Å². The molecule has 0 radical (unpaired) electrons. The molecule has 1 fully saturated rings. The van der Waals surface area contributed by atoms with E-state index < -0.39 is 18.3 Å². The fourth-order valence-electron chi connectivity index (χ4n) is 3.08. The van der Waals surface area contributed by atoms with Crippen LogP contribution in [-0.4, -0.2) is 52.9 Å². The average molecular weight is 428 g/mol. The van der Waals surface area contributed by atoms with E-state index in [0.29, 0.717) is 24.7 Å². The molecule has 1 saturated heterocycles. The molecule has 7 heteroatoms. The summed E-state index contributed by atoms with van der Waals surface area (Å²) in [7, 11) is -5.63. The molecule has 160 valence electrons. The van der Waals surface area contributed by atoms with Gasteiger partial charge in [-0.15, -0.1) is 0 Å². The number of ether oxygens (including phenoxy) is 1. The van der Waals surface area contributed by atoms with Crippen molar-refractivity contribution < 1.29 is 17.6 Å². The van der Waals surface area contributed by atoms with Crippen LogP contribution in [-0.2, 0) is 19.2 Å².